The first kappa shape index (κ1) is 19.2. The molecule has 3 aromatic heterocycles. The van der Waals surface area contributed by atoms with Crippen LogP contribution in [0.4, 0.5) is 10.1 Å². The highest BCUT2D eigenvalue weighted by Crippen LogP contribution is 2.35. The lowest BCUT2D eigenvalue weighted by molar-refractivity contribution is 0.353. The zero-order chi connectivity index (χ0) is 21.4. The molecule has 0 aliphatic carbocycles. The van der Waals surface area contributed by atoms with Crippen LogP contribution in [-0.2, 0) is 0 Å². The van der Waals surface area contributed by atoms with Gasteiger partial charge in [0.2, 0.25) is 5.88 Å². The normalized spacial score (nSPS) is 16.1. The highest BCUT2D eigenvalue weighted by atomic mass is 19.1. The second kappa shape index (κ2) is 7.82. The van der Waals surface area contributed by atoms with E-state index >= 15 is 0 Å². The molecule has 1 aliphatic rings. The number of nitrogens with zero attached hydrogens (tertiary/aromatic N) is 6. The van der Waals surface area contributed by atoms with Crippen molar-refractivity contribution < 1.29 is 13.9 Å². The van der Waals surface area contributed by atoms with Gasteiger partial charge in [-0.1, -0.05) is 12.1 Å². The summed E-state index contributed by atoms with van der Waals surface area (Å²) in [5.41, 5.74) is 4.22. The Morgan fingerprint density at radius 1 is 1.10 bits per heavy atom. The van der Waals surface area contributed by atoms with Crippen LogP contribution >= 0.6 is 0 Å². The molecule has 5 rings (SSSR count). The summed E-state index contributed by atoms with van der Waals surface area (Å²) in [6.07, 6.45) is 6.16. The van der Waals surface area contributed by atoms with E-state index in [0.717, 1.165) is 36.4 Å². The van der Waals surface area contributed by atoms with Gasteiger partial charge in [-0.2, -0.15) is 10.1 Å². The minimum Gasteiger partial charge on any atom is -0.480 e. The third kappa shape index (κ3) is 3.52. The van der Waals surface area contributed by atoms with Crippen LogP contribution in [0.15, 0.2) is 48.9 Å². The van der Waals surface area contributed by atoms with Gasteiger partial charge >= 0.3 is 6.01 Å². The van der Waals surface area contributed by atoms with Crippen LogP contribution in [0.5, 0.6) is 11.9 Å². The predicted molar refractivity (Wildman–Crippen MR) is 113 cm³/mol. The third-order valence-electron chi connectivity index (χ3n) is 5.59. The second-order valence-electron chi connectivity index (χ2n) is 7.37. The standard InChI is InChI=1S/C22H21FN6O2/c1-30-21-17(12-25-22(26-21)31-2)18-11-19(20-24-8-10-29(20)27-18)28-9-7-15(13-28)14-3-5-16(23)6-4-14/h3-6,8,10-12,15H,7,9,13H2,1-2H3/t15-/m0/s1. The average molecular weight is 420 g/mol. The first-order valence-electron chi connectivity index (χ1n) is 9.96. The average Bonchev–Trinajstić information content (AvgIpc) is 3.48. The fraction of sp³-hybridized carbons (Fsp3) is 0.273. The molecule has 0 spiro atoms. The molecule has 0 saturated carbocycles. The lowest BCUT2D eigenvalue weighted by Crippen LogP contribution is -2.20. The summed E-state index contributed by atoms with van der Waals surface area (Å²) in [5, 5.41) is 4.67. The van der Waals surface area contributed by atoms with Crippen molar-refractivity contribution in [2.45, 2.75) is 12.3 Å². The van der Waals surface area contributed by atoms with Gasteiger partial charge in [0.25, 0.3) is 0 Å². The van der Waals surface area contributed by atoms with Crippen LogP contribution in [-0.4, -0.2) is 51.9 Å². The number of rotatable bonds is 5. The molecule has 0 amide bonds. The van der Waals surface area contributed by atoms with Crippen molar-refractivity contribution in [1.29, 1.82) is 0 Å². The Hall–Kier alpha value is -3.75. The van der Waals surface area contributed by atoms with E-state index in [1.165, 1.54) is 19.2 Å². The molecule has 8 nitrogen and oxygen atoms in total. The molecule has 0 N–H and O–H groups in total. The summed E-state index contributed by atoms with van der Waals surface area (Å²) in [6.45, 7) is 1.68. The number of fused-ring (bicyclic) bond motifs is 1. The molecule has 1 fully saturated rings. The Bertz CT molecular complexity index is 1230. The predicted octanol–water partition coefficient (Wildman–Crippen LogP) is 3.34. The van der Waals surface area contributed by atoms with Gasteiger partial charge in [-0.15, -0.1) is 0 Å². The van der Waals surface area contributed by atoms with Crippen molar-refractivity contribution in [3.05, 3.63) is 60.3 Å². The summed E-state index contributed by atoms with van der Waals surface area (Å²) in [4.78, 5) is 15.3. The number of hydrogen-bond acceptors (Lipinski definition) is 7. The minimum atomic E-state index is -0.216. The fourth-order valence-corrected chi connectivity index (χ4v) is 4.03. The van der Waals surface area contributed by atoms with Gasteiger partial charge in [-0.05, 0) is 30.2 Å². The molecule has 9 heteroatoms. The molecule has 1 saturated heterocycles. The lowest BCUT2D eigenvalue weighted by Gasteiger charge is -2.20. The molecule has 4 heterocycles. The number of imidazole rings is 1. The van der Waals surface area contributed by atoms with Crippen LogP contribution in [0.25, 0.3) is 16.9 Å². The van der Waals surface area contributed by atoms with Crippen LogP contribution in [0, 0.1) is 5.82 Å². The van der Waals surface area contributed by atoms with E-state index < -0.39 is 0 Å². The smallest absolute Gasteiger partial charge is 0.319 e. The summed E-state index contributed by atoms with van der Waals surface area (Å²) in [5.74, 6) is 0.494. The van der Waals surface area contributed by atoms with Gasteiger partial charge in [0.05, 0.1) is 25.5 Å². The van der Waals surface area contributed by atoms with Crippen molar-refractivity contribution in [2.24, 2.45) is 0 Å². The van der Waals surface area contributed by atoms with Crippen molar-refractivity contribution in [2.75, 3.05) is 32.2 Å². The van der Waals surface area contributed by atoms with E-state index in [0.29, 0.717) is 23.1 Å². The zero-order valence-electron chi connectivity index (χ0n) is 17.2. The van der Waals surface area contributed by atoms with E-state index in [4.69, 9.17) is 9.47 Å². The molecule has 31 heavy (non-hydrogen) atoms. The number of benzene rings is 1. The molecule has 0 bridgehead atoms. The third-order valence-corrected chi connectivity index (χ3v) is 5.59. The van der Waals surface area contributed by atoms with Gasteiger partial charge in [-0.3, -0.25) is 0 Å². The molecule has 1 aliphatic heterocycles. The van der Waals surface area contributed by atoms with Crippen LogP contribution in [0.1, 0.15) is 17.9 Å². The van der Waals surface area contributed by atoms with Crippen molar-refractivity contribution >= 4 is 11.3 Å². The highest BCUT2D eigenvalue weighted by molar-refractivity contribution is 5.76. The van der Waals surface area contributed by atoms with Crippen molar-refractivity contribution in [3.8, 4) is 23.1 Å². The number of anilines is 1. The summed E-state index contributed by atoms with van der Waals surface area (Å²) in [7, 11) is 3.06. The zero-order valence-corrected chi connectivity index (χ0v) is 17.2. The Labute approximate surface area is 178 Å². The van der Waals surface area contributed by atoms with Gasteiger partial charge in [-0.25, -0.2) is 18.9 Å². The summed E-state index contributed by atoms with van der Waals surface area (Å²) < 4.78 is 25.6. The molecule has 158 valence electrons. The Balaban J connectivity index is 1.53. The molecular formula is C22H21FN6O2. The molecule has 0 unspecified atom stereocenters. The van der Waals surface area contributed by atoms with E-state index in [2.05, 4.69) is 25.0 Å². The van der Waals surface area contributed by atoms with E-state index in [1.807, 2.05) is 24.4 Å². The van der Waals surface area contributed by atoms with Crippen molar-refractivity contribution in [3.63, 3.8) is 0 Å². The number of ether oxygens (including phenoxy) is 2. The minimum absolute atomic E-state index is 0.216. The Kier molecular flexibility index (Phi) is 4.85. The summed E-state index contributed by atoms with van der Waals surface area (Å²) >= 11 is 0. The molecule has 4 aromatic rings. The van der Waals surface area contributed by atoms with E-state index in [1.54, 1.807) is 24.0 Å². The topological polar surface area (TPSA) is 77.7 Å². The van der Waals surface area contributed by atoms with Crippen LogP contribution in [0.2, 0.25) is 0 Å². The van der Waals surface area contributed by atoms with Crippen LogP contribution in [0.3, 0.4) is 0 Å². The molecule has 1 aromatic carbocycles. The first-order valence-corrected chi connectivity index (χ1v) is 9.96. The molecule has 1 atom stereocenters. The number of hydrogen-bond donors (Lipinski definition) is 0. The highest BCUT2D eigenvalue weighted by Gasteiger charge is 2.27. The second-order valence-corrected chi connectivity index (χ2v) is 7.37. The Morgan fingerprint density at radius 3 is 2.71 bits per heavy atom. The fourth-order valence-electron chi connectivity index (χ4n) is 4.03. The number of methoxy groups -OCH3 is 2. The van der Waals surface area contributed by atoms with Gasteiger partial charge in [0, 0.05) is 37.6 Å². The van der Waals surface area contributed by atoms with Gasteiger partial charge in [0.15, 0.2) is 5.65 Å². The van der Waals surface area contributed by atoms with Crippen molar-refractivity contribution in [1.82, 2.24) is 24.6 Å². The van der Waals surface area contributed by atoms with Gasteiger partial charge in [0.1, 0.15) is 11.5 Å². The maximum absolute atomic E-state index is 13.3. The maximum Gasteiger partial charge on any atom is 0.319 e. The molecule has 0 radical (unpaired) electrons. The largest absolute Gasteiger partial charge is 0.480 e. The maximum atomic E-state index is 13.3. The quantitative estimate of drug-likeness (QED) is 0.490. The SMILES string of the molecule is COc1ncc(-c2cc(N3CC[C@H](c4ccc(F)cc4)C3)c3nccn3n2)c(OC)n1. The lowest BCUT2D eigenvalue weighted by atomic mass is 9.99. The van der Waals surface area contributed by atoms with Crippen LogP contribution < -0.4 is 14.4 Å². The Morgan fingerprint density at radius 2 is 1.94 bits per heavy atom. The first-order chi connectivity index (χ1) is 15.2. The summed E-state index contributed by atoms with van der Waals surface area (Å²) in [6, 6.07) is 8.99. The number of halogens is 1. The van der Waals surface area contributed by atoms with Gasteiger partial charge < -0.3 is 14.4 Å². The molecular weight excluding hydrogens is 399 g/mol. The number of aromatic nitrogens is 5. The van der Waals surface area contributed by atoms with E-state index in [-0.39, 0.29) is 11.8 Å². The van der Waals surface area contributed by atoms with E-state index in [9.17, 15) is 4.39 Å². The monoisotopic (exact) mass is 420 g/mol.